The Balaban J connectivity index is 1.70. The SMILES string of the molecule is COc1ccccc1CCNC(=O)c1c[nH]c(=O)c(-c2ccccc2)c1. The van der Waals surface area contributed by atoms with Crippen molar-refractivity contribution in [2.45, 2.75) is 6.42 Å². The first kappa shape index (κ1) is 17.5. The third-order valence-electron chi connectivity index (χ3n) is 4.12. The summed E-state index contributed by atoms with van der Waals surface area (Å²) in [5.41, 5.74) is 2.48. The normalized spacial score (nSPS) is 10.3. The monoisotopic (exact) mass is 348 g/mol. The van der Waals surface area contributed by atoms with E-state index < -0.39 is 0 Å². The van der Waals surface area contributed by atoms with Gasteiger partial charge in [-0.3, -0.25) is 9.59 Å². The largest absolute Gasteiger partial charge is 0.496 e. The lowest BCUT2D eigenvalue weighted by Crippen LogP contribution is -2.26. The van der Waals surface area contributed by atoms with Crippen molar-refractivity contribution in [3.05, 3.63) is 88.3 Å². The molecule has 0 saturated heterocycles. The minimum Gasteiger partial charge on any atom is -0.496 e. The van der Waals surface area contributed by atoms with Crippen LogP contribution in [0.4, 0.5) is 0 Å². The molecule has 0 bridgehead atoms. The van der Waals surface area contributed by atoms with Gasteiger partial charge in [0.2, 0.25) is 0 Å². The highest BCUT2D eigenvalue weighted by atomic mass is 16.5. The van der Waals surface area contributed by atoms with E-state index in [1.165, 1.54) is 6.20 Å². The van der Waals surface area contributed by atoms with Crippen molar-refractivity contribution in [3.63, 3.8) is 0 Å². The maximum Gasteiger partial charge on any atom is 0.255 e. The van der Waals surface area contributed by atoms with Crippen LogP contribution in [0.25, 0.3) is 11.1 Å². The first-order valence-electron chi connectivity index (χ1n) is 8.37. The lowest BCUT2D eigenvalue weighted by Gasteiger charge is -2.09. The molecular weight excluding hydrogens is 328 g/mol. The number of aromatic amines is 1. The number of ether oxygens (including phenoxy) is 1. The van der Waals surface area contributed by atoms with Gasteiger partial charge in [-0.15, -0.1) is 0 Å². The van der Waals surface area contributed by atoms with Crippen LogP contribution < -0.4 is 15.6 Å². The zero-order chi connectivity index (χ0) is 18.4. The van der Waals surface area contributed by atoms with Gasteiger partial charge in [0.1, 0.15) is 5.75 Å². The van der Waals surface area contributed by atoms with Gasteiger partial charge < -0.3 is 15.0 Å². The van der Waals surface area contributed by atoms with E-state index in [1.54, 1.807) is 13.2 Å². The van der Waals surface area contributed by atoms with Crippen molar-refractivity contribution in [2.75, 3.05) is 13.7 Å². The first-order chi connectivity index (χ1) is 12.7. The average Bonchev–Trinajstić information content (AvgIpc) is 2.69. The van der Waals surface area contributed by atoms with Crippen molar-refractivity contribution in [3.8, 4) is 16.9 Å². The number of nitrogens with one attached hydrogen (secondary N) is 2. The number of hydrogen-bond acceptors (Lipinski definition) is 3. The van der Waals surface area contributed by atoms with Crippen LogP contribution in [0, 0.1) is 0 Å². The van der Waals surface area contributed by atoms with Crippen molar-refractivity contribution in [1.82, 2.24) is 10.3 Å². The molecule has 3 rings (SSSR count). The first-order valence-corrected chi connectivity index (χ1v) is 8.37. The van der Waals surface area contributed by atoms with Crippen molar-refractivity contribution >= 4 is 5.91 Å². The third kappa shape index (κ3) is 4.00. The van der Waals surface area contributed by atoms with Crippen molar-refractivity contribution in [2.24, 2.45) is 0 Å². The molecule has 0 unspecified atom stereocenters. The topological polar surface area (TPSA) is 71.2 Å². The molecule has 1 aromatic heterocycles. The fourth-order valence-electron chi connectivity index (χ4n) is 2.77. The molecule has 5 nitrogen and oxygen atoms in total. The van der Waals surface area contributed by atoms with E-state index >= 15 is 0 Å². The Hall–Kier alpha value is -3.34. The maximum atomic E-state index is 12.4. The number of carbonyl (C=O) groups excluding carboxylic acids is 1. The standard InChI is InChI=1S/C21H20N2O3/c1-26-19-10-6-5-9-16(19)11-12-22-20(24)17-13-18(21(25)23-14-17)15-7-3-2-4-8-15/h2-10,13-14H,11-12H2,1H3,(H,22,24)(H,23,25). The molecule has 0 fully saturated rings. The summed E-state index contributed by atoms with van der Waals surface area (Å²) in [5.74, 6) is 0.575. The minimum atomic E-state index is -0.228. The fraction of sp³-hybridized carbons (Fsp3) is 0.143. The van der Waals surface area contributed by atoms with E-state index in [0.29, 0.717) is 24.1 Å². The molecule has 1 heterocycles. The zero-order valence-electron chi connectivity index (χ0n) is 14.5. The maximum absolute atomic E-state index is 12.4. The quantitative estimate of drug-likeness (QED) is 0.719. The van der Waals surface area contributed by atoms with Crippen LogP contribution in [0.5, 0.6) is 5.75 Å². The molecule has 0 aliphatic carbocycles. The second-order valence-corrected chi connectivity index (χ2v) is 5.81. The molecule has 132 valence electrons. The molecule has 5 heteroatoms. The lowest BCUT2D eigenvalue weighted by molar-refractivity contribution is 0.0953. The predicted molar refractivity (Wildman–Crippen MR) is 102 cm³/mol. The van der Waals surface area contributed by atoms with Gasteiger partial charge in [0.25, 0.3) is 11.5 Å². The van der Waals surface area contributed by atoms with Gasteiger partial charge in [-0.1, -0.05) is 48.5 Å². The van der Waals surface area contributed by atoms with Gasteiger partial charge in [0.15, 0.2) is 0 Å². The third-order valence-corrected chi connectivity index (χ3v) is 4.12. The fourth-order valence-corrected chi connectivity index (χ4v) is 2.77. The molecule has 2 N–H and O–H groups in total. The summed E-state index contributed by atoms with van der Waals surface area (Å²) in [6.07, 6.45) is 2.10. The van der Waals surface area contributed by atoms with E-state index in [9.17, 15) is 9.59 Å². The Morgan fingerprint density at radius 1 is 1.08 bits per heavy atom. The second kappa shape index (κ2) is 8.16. The number of amides is 1. The number of H-pyrrole nitrogens is 1. The summed E-state index contributed by atoms with van der Waals surface area (Å²) in [4.78, 5) is 27.1. The summed E-state index contributed by atoms with van der Waals surface area (Å²) < 4.78 is 5.31. The number of methoxy groups -OCH3 is 1. The van der Waals surface area contributed by atoms with Crippen LogP contribution in [0.2, 0.25) is 0 Å². The van der Waals surface area contributed by atoms with Crippen molar-refractivity contribution in [1.29, 1.82) is 0 Å². The summed E-state index contributed by atoms with van der Waals surface area (Å²) in [6.45, 7) is 0.471. The van der Waals surface area contributed by atoms with E-state index in [-0.39, 0.29) is 11.5 Å². The molecule has 26 heavy (non-hydrogen) atoms. The van der Waals surface area contributed by atoms with Crippen LogP contribution >= 0.6 is 0 Å². The highest BCUT2D eigenvalue weighted by Crippen LogP contribution is 2.18. The highest BCUT2D eigenvalue weighted by Gasteiger charge is 2.10. The predicted octanol–water partition coefficient (Wildman–Crippen LogP) is 3.02. The van der Waals surface area contributed by atoms with Crippen LogP contribution in [0.3, 0.4) is 0 Å². The second-order valence-electron chi connectivity index (χ2n) is 5.81. The van der Waals surface area contributed by atoms with Crippen LogP contribution in [-0.2, 0) is 6.42 Å². The molecule has 0 saturated carbocycles. The summed E-state index contributed by atoms with van der Waals surface area (Å²) >= 11 is 0. The molecule has 2 aromatic carbocycles. The summed E-state index contributed by atoms with van der Waals surface area (Å²) in [6, 6.07) is 18.6. The molecule has 0 spiro atoms. The number of hydrogen-bond donors (Lipinski definition) is 2. The molecular formula is C21H20N2O3. The van der Waals surface area contributed by atoms with E-state index in [4.69, 9.17) is 4.74 Å². The van der Waals surface area contributed by atoms with E-state index in [2.05, 4.69) is 10.3 Å². The Morgan fingerprint density at radius 2 is 1.81 bits per heavy atom. The van der Waals surface area contributed by atoms with Gasteiger partial charge in [-0.25, -0.2) is 0 Å². The Bertz CT molecular complexity index is 949. The van der Waals surface area contributed by atoms with Crippen LogP contribution in [0.1, 0.15) is 15.9 Å². The summed E-state index contributed by atoms with van der Waals surface area (Å²) in [5, 5.41) is 2.88. The molecule has 3 aromatic rings. The average molecular weight is 348 g/mol. The smallest absolute Gasteiger partial charge is 0.255 e. The Morgan fingerprint density at radius 3 is 2.58 bits per heavy atom. The lowest BCUT2D eigenvalue weighted by atomic mass is 10.1. The zero-order valence-corrected chi connectivity index (χ0v) is 14.5. The van der Waals surface area contributed by atoms with Crippen LogP contribution in [0.15, 0.2) is 71.7 Å². The minimum absolute atomic E-state index is 0.221. The Kier molecular flexibility index (Phi) is 5.49. The van der Waals surface area contributed by atoms with Gasteiger partial charge in [0.05, 0.1) is 12.7 Å². The van der Waals surface area contributed by atoms with Gasteiger partial charge >= 0.3 is 0 Å². The number of rotatable bonds is 6. The van der Waals surface area contributed by atoms with Gasteiger partial charge in [-0.05, 0) is 29.7 Å². The number of pyridine rings is 1. The van der Waals surface area contributed by atoms with Crippen molar-refractivity contribution < 1.29 is 9.53 Å². The highest BCUT2D eigenvalue weighted by molar-refractivity contribution is 5.95. The molecule has 1 amide bonds. The van der Waals surface area contributed by atoms with Gasteiger partial charge in [-0.2, -0.15) is 0 Å². The van der Waals surface area contributed by atoms with Gasteiger partial charge in [0, 0.05) is 18.3 Å². The van der Waals surface area contributed by atoms with Crippen LogP contribution in [-0.4, -0.2) is 24.5 Å². The molecule has 0 aliphatic rings. The number of carbonyl (C=O) groups is 1. The number of aromatic nitrogens is 1. The van der Waals surface area contributed by atoms with E-state index in [0.717, 1.165) is 16.9 Å². The number of para-hydroxylation sites is 1. The summed E-state index contributed by atoms with van der Waals surface area (Å²) in [7, 11) is 1.63. The van der Waals surface area contributed by atoms with E-state index in [1.807, 2.05) is 54.6 Å². The Labute approximate surface area is 151 Å². The molecule has 0 radical (unpaired) electrons. The molecule has 0 atom stereocenters. The number of benzene rings is 2. The molecule has 0 aliphatic heterocycles.